The molecule has 0 aromatic carbocycles. The summed E-state index contributed by atoms with van der Waals surface area (Å²) >= 11 is 0. The van der Waals surface area contributed by atoms with Crippen LogP contribution in [0.1, 0.15) is 65.2 Å². The average Bonchev–Trinajstić information content (AvgIpc) is 2.92. The lowest BCUT2D eigenvalue weighted by Crippen LogP contribution is -2.47. The van der Waals surface area contributed by atoms with Gasteiger partial charge in [0.1, 0.15) is 5.78 Å². The molecule has 1 N–H and O–H groups in total. The van der Waals surface area contributed by atoms with Crippen molar-refractivity contribution >= 4 is 5.78 Å². The van der Waals surface area contributed by atoms with Gasteiger partial charge in [-0.3, -0.25) is 4.79 Å². The molecule has 0 amide bonds. The van der Waals surface area contributed by atoms with Crippen molar-refractivity contribution in [3.63, 3.8) is 0 Å². The van der Waals surface area contributed by atoms with Crippen molar-refractivity contribution in [1.29, 1.82) is 0 Å². The Bertz CT molecular complexity index is 508. The van der Waals surface area contributed by atoms with Gasteiger partial charge in [-0.05, 0) is 87.4 Å². The monoisotopic (exact) mass is 302 g/mol. The molecule has 3 saturated carbocycles. The summed E-state index contributed by atoms with van der Waals surface area (Å²) in [6.07, 6.45) is 11.6. The quantitative estimate of drug-likeness (QED) is 0.740. The van der Waals surface area contributed by atoms with E-state index in [1.165, 1.54) is 25.7 Å². The lowest BCUT2D eigenvalue weighted by Gasteiger charge is -2.55. The predicted octanol–water partition coefficient (Wildman–Crippen LogP) is 4.13. The second kappa shape index (κ2) is 5.19. The minimum absolute atomic E-state index is 0.110. The number of hydrogen-bond acceptors (Lipinski definition) is 2. The molecule has 0 heterocycles. The van der Waals surface area contributed by atoms with Crippen molar-refractivity contribution in [2.45, 2.75) is 71.3 Å². The van der Waals surface area contributed by atoms with Gasteiger partial charge in [0.15, 0.2) is 0 Å². The minimum Gasteiger partial charge on any atom is -0.393 e. The first-order chi connectivity index (χ1) is 10.5. The molecule has 122 valence electrons. The van der Waals surface area contributed by atoms with Crippen LogP contribution in [-0.2, 0) is 4.79 Å². The minimum atomic E-state index is -0.110. The van der Waals surface area contributed by atoms with E-state index in [0.717, 1.165) is 43.4 Å². The second-order valence-corrected chi connectivity index (χ2v) is 8.75. The maximum atomic E-state index is 11.9. The highest BCUT2D eigenvalue weighted by Crippen LogP contribution is 2.62. The molecule has 0 aromatic heterocycles. The number of ketones is 1. The predicted molar refractivity (Wildman–Crippen MR) is 87.3 cm³/mol. The molecular weight excluding hydrogens is 272 g/mol. The van der Waals surface area contributed by atoms with Crippen LogP contribution in [0.3, 0.4) is 0 Å². The lowest BCUT2D eigenvalue weighted by molar-refractivity contribution is -0.123. The number of hydrogen-bond donors (Lipinski definition) is 1. The normalized spacial score (nSPS) is 50.6. The van der Waals surface area contributed by atoms with E-state index in [0.29, 0.717) is 23.0 Å². The number of carbonyl (C=O) groups is 1. The van der Waals surface area contributed by atoms with Crippen molar-refractivity contribution in [3.8, 4) is 0 Å². The highest BCUT2D eigenvalue weighted by atomic mass is 16.3. The maximum Gasteiger partial charge on any atom is 0.133 e. The van der Waals surface area contributed by atoms with Gasteiger partial charge in [0, 0.05) is 5.92 Å². The molecule has 4 aliphatic rings. The number of aliphatic hydroxyl groups is 1. The fourth-order valence-corrected chi connectivity index (χ4v) is 6.80. The zero-order valence-corrected chi connectivity index (χ0v) is 14.1. The molecule has 2 heteroatoms. The van der Waals surface area contributed by atoms with Crippen molar-refractivity contribution in [1.82, 2.24) is 0 Å². The highest BCUT2D eigenvalue weighted by Gasteiger charge is 2.54. The summed E-state index contributed by atoms with van der Waals surface area (Å²) in [5.41, 5.74) is 1.88. The van der Waals surface area contributed by atoms with Gasteiger partial charge in [-0.1, -0.05) is 18.6 Å². The Morgan fingerprint density at radius 2 is 1.91 bits per heavy atom. The smallest absolute Gasteiger partial charge is 0.133 e. The van der Waals surface area contributed by atoms with E-state index in [9.17, 15) is 9.90 Å². The molecule has 0 aromatic rings. The molecule has 0 aliphatic heterocycles. The van der Waals surface area contributed by atoms with Crippen LogP contribution in [0.2, 0.25) is 0 Å². The Kier molecular flexibility index (Phi) is 3.52. The summed E-state index contributed by atoms with van der Waals surface area (Å²) < 4.78 is 0. The van der Waals surface area contributed by atoms with Gasteiger partial charge in [0.25, 0.3) is 0 Å². The van der Waals surface area contributed by atoms with Gasteiger partial charge < -0.3 is 5.11 Å². The topological polar surface area (TPSA) is 37.3 Å². The van der Waals surface area contributed by atoms with Crippen LogP contribution in [-0.4, -0.2) is 17.0 Å². The van der Waals surface area contributed by atoms with Crippen molar-refractivity contribution in [2.24, 2.45) is 35.0 Å². The Hall–Kier alpha value is -0.630. The molecule has 0 saturated heterocycles. The van der Waals surface area contributed by atoms with Crippen molar-refractivity contribution in [2.75, 3.05) is 0 Å². The fraction of sp³-hybridized carbons (Fsp3) is 0.850. The summed E-state index contributed by atoms with van der Waals surface area (Å²) in [5, 5.41) is 10.0. The molecule has 0 spiro atoms. The lowest BCUT2D eigenvalue weighted by atomic mass is 9.50. The maximum absolute atomic E-state index is 11.9. The van der Waals surface area contributed by atoms with E-state index in [4.69, 9.17) is 0 Å². The zero-order valence-electron chi connectivity index (χ0n) is 14.1. The number of allylic oxidation sites excluding steroid dienone is 1. The molecule has 3 fully saturated rings. The third-order valence-corrected chi connectivity index (χ3v) is 7.92. The SMILES string of the molecule is CC(=O)C1CCC2C1CCC1C2CC=C2CC(O)CCC21C. The van der Waals surface area contributed by atoms with E-state index >= 15 is 0 Å². The van der Waals surface area contributed by atoms with E-state index in [1.807, 2.05) is 6.92 Å². The molecule has 4 rings (SSSR count). The molecule has 4 aliphatic carbocycles. The van der Waals surface area contributed by atoms with Crippen LogP contribution >= 0.6 is 0 Å². The Balaban J connectivity index is 1.62. The molecular formula is C20H30O2. The van der Waals surface area contributed by atoms with Crippen molar-refractivity contribution < 1.29 is 9.90 Å². The summed E-state index contributed by atoms with van der Waals surface area (Å²) in [6, 6.07) is 0. The van der Waals surface area contributed by atoms with Crippen LogP contribution in [0.15, 0.2) is 11.6 Å². The van der Waals surface area contributed by atoms with Gasteiger partial charge in [0.2, 0.25) is 0 Å². The zero-order chi connectivity index (χ0) is 15.5. The van der Waals surface area contributed by atoms with Gasteiger partial charge in [-0.15, -0.1) is 0 Å². The molecule has 0 bridgehead atoms. The Morgan fingerprint density at radius 1 is 1.14 bits per heavy atom. The number of rotatable bonds is 1. The van der Waals surface area contributed by atoms with Gasteiger partial charge in [0.05, 0.1) is 6.10 Å². The first-order valence-corrected chi connectivity index (χ1v) is 9.38. The summed E-state index contributed by atoms with van der Waals surface area (Å²) in [5.74, 6) is 3.85. The van der Waals surface area contributed by atoms with Gasteiger partial charge in [-0.25, -0.2) is 0 Å². The van der Waals surface area contributed by atoms with Crippen LogP contribution in [0.5, 0.6) is 0 Å². The first kappa shape index (κ1) is 14.9. The van der Waals surface area contributed by atoms with Crippen molar-refractivity contribution in [3.05, 3.63) is 11.6 Å². The third-order valence-electron chi connectivity index (χ3n) is 7.92. The summed E-state index contributed by atoms with van der Waals surface area (Å²) in [4.78, 5) is 11.9. The van der Waals surface area contributed by atoms with Crippen LogP contribution < -0.4 is 0 Å². The molecule has 2 nitrogen and oxygen atoms in total. The van der Waals surface area contributed by atoms with Crippen LogP contribution in [0, 0.1) is 35.0 Å². The van der Waals surface area contributed by atoms with Gasteiger partial charge in [-0.2, -0.15) is 0 Å². The first-order valence-electron chi connectivity index (χ1n) is 9.38. The number of aliphatic hydroxyl groups excluding tert-OH is 1. The van der Waals surface area contributed by atoms with E-state index in [2.05, 4.69) is 13.0 Å². The summed E-state index contributed by atoms with van der Waals surface area (Å²) in [7, 11) is 0. The van der Waals surface area contributed by atoms with E-state index < -0.39 is 0 Å². The number of Topliss-reactive ketones (excluding diaryl/α,β-unsaturated/α-hetero) is 1. The standard InChI is InChI=1S/C20H30O2/c1-12(21)15-5-6-17-16(15)7-8-19-18(17)4-3-13-11-14(22)9-10-20(13,19)2/h3,14-19,22H,4-11H2,1-2H3. The van der Waals surface area contributed by atoms with Gasteiger partial charge >= 0.3 is 0 Å². The van der Waals surface area contributed by atoms with E-state index in [-0.39, 0.29) is 6.10 Å². The third kappa shape index (κ3) is 2.06. The Morgan fingerprint density at radius 3 is 2.68 bits per heavy atom. The van der Waals surface area contributed by atoms with Crippen LogP contribution in [0.4, 0.5) is 0 Å². The average molecular weight is 302 g/mol. The second-order valence-electron chi connectivity index (χ2n) is 8.75. The Labute approximate surface area is 134 Å². The molecule has 7 unspecified atom stereocenters. The summed E-state index contributed by atoms with van der Waals surface area (Å²) in [6.45, 7) is 4.28. The largest absolute Gasteiger partial charge is 0.393 e. The van der Waals surface area contributed by atoms with Crippen LogP contribution in [0.25, 0.3) is 0 Å². The fourth-order valence-electron chi connectivity index (χ4n) is 6.80. The number of fused-ring (bicyclic) bond motifs is 5. The molecule has 7 atom stereocenters. The molecule has 22 heavy (non-hydrogen) atoms. The molecule has 0 radical (unpaired) electrons. The highest BCUT2D eigenvalue weighted by molar-refractivity contribution is 5.79. The number of carbonyl (C=O) groups excluding carboxylic acids is 1. The van der Waals surface area contributed by atoms with E-state index in [1.54, 1.807) is 5.57 Å².